The second-order valence-electron chi connectivity index (χ2n) is 7.97. The molecule has 2 bridgehead atoms. The van der Waals surface area contributed by atoms with Crippen molar-refractivity contribution in [3.05, 3.63) is 35.6 Å². The van der Waals surface area contributed by atoms with Crippen LogP contribution in [0.5, 0.6) is 0 Å². The van der Waals surface area contributed by atoms with Gasteiger partial charge in [0.1, 0.15) is 5.82 Å². The fourth-order valence-electron chi connectivity index (χ4n) is 5.06. The molecule has 0 aromatic heterocycles. The molecule has 0 unspecified atom stereocenters. The summed E-state index contributed by atoms with van der Waals surface area (Å²) >= 11 is 0. The maximum absolute atomic E-state index is 13.4. The van der Waals surface area contributed by atoms with E-state index in [1.54, 1.807) is 6.07 Å². The van der Waals surface area contributed by atoms with Gasteiger partial charge in [-0.3, -0.25) is 9.59 Å². The van der Waals surface area contributed by atoms with Crippen LogP contribution in [0.3, 0.4) is 0 Å². The quantitative estimate of drug-likeness (QED) is 0.723. The van der Waals surface area contributed by atoms with E-state index < -0.39 is 5.82 Å². The molecule has 6 nitrogen and oxygen atoms in total. The Morgan fingerprint density at radius 1 is 1.43 bits per heavy atom. The van der Waals surface area contributed by atoms with E-state index in [1.807, 2.05) is 11.8 Å². The molecule has 0 radical (unpaired) electrons. The number of fused-ring (bicyclic) bond motifs is 1. The summed E-state index contributed by atoms with van der Waals surface area (Å²) in [4.78, 5) is 26.8. The maximum atomic E-state index is 13.4. The number of halogens is 1. The smallest absolute Gasteiger partial charge is 0.251 e. The number of carbonyl (C=O) groups is 2. The first-order valence-corrected chi connectivity index (χ1v) is 10.1. The fourth-order valence-corrected chi connectivity index (χ4v) is 5.06. The monoisotopic (exact) mass is 390 g/mol. The zero-order chi connectivity index (χ0) is 19.7. The predicted octanol–water partition coefficient (Wildman–Crippen LogP) is 1.99. The van der Waals surface area contributed by atoms with E-state index >= 15 is 0 Å². The predicted molar refractivity (Wildman–Crippen MR) is 100 cm³/mol. The van der Waals surface area contributed by atoms with Crippen molar-refractivity contribution in [3.63, 3.8) is 0 Å². The van der Waals surface area contributed by atoms with Crippen molar-refractivity contribution in [2.75, 3.05) is 32.8 Å². The molecule has 3 fully saturated rings. The largest absolute Gasteiger partial charge is 0.381 e. The third-order valence-corrected chi connectivity index (χ3v) is 6.39. The molecule has 0 aliphatic carbocycles. The Hall–Kier alpha value is -1.99. The molecule has 0 saturated carbocycles. The van der Waals surface area contributed by atoms with Crippen molar-refractivity contribution in [2.45, 2.75) is 37.9 Å². The average Bonchev–Trinajstić information content (AvgIpc) is 3.34. The molecule has 4 atom stereocenters. The summed E-state index contributed by atoms with van der Waals surface area (Å²) in [7, 11) is 0. The van der Waals surface area contributed by atoms with Crippen LogP contribution < -0.4 is 5.32 Å². The number of hydrogen-bond acceptors (Lipinski definition) is 4. The van der Waals surface area contributed by atoms with Crippen LogP contribution in [0.15, 0.2) is 24.3 Å². The van der Waals surface area contributed by atoms with Crippen LogP contribution in [-0.4, -0.2) is 61.3 Å². The van der Waals surface area contributed by atoms with Crippen molar-refractivity contribution in [1.29, 1.82) is 0 Å². The molecular formula is C21H27FN2O4. The van der Waals surface area contributed by atoms with E-state index in [1.165, 1.54) is 18.2 Å². The summed E-state index contributed by atoms with van der Waals surface area (Å²) in [6, 6.07) is 5.69. The minimum Gasteiger partial charge on any atom is -0.381 e. The lowest BCUT2D eigenvalue weighted by molar-refractivity contribution is -0.132. The lowest BCUT2D eigenvalue weighted by atomic mass is 9.73. The first kappa shape index (κ1) is 19.3. The van der Waals surface area contributed by atoms with Crippen molar-refractivity contribution < 1.29 is 23.5 Å². The number of carbonyl (C=O) groups excluding carboxylic acids is 2. The van der Waals surface area contributed by atoms with E-state index in [9.17, 15) is 14.0 Å². The van der Waals surface area contributed by atoms with Crippen LogP contribution in [0.1, 0.15) is 36.5 Å². The van der Waals surface area contributed by atoms with Crippen LogP contribution in [-0.2, 0) is 14.3 Å². The van der Waals surface area contributed by atoms with Gasteiger partial charge in [-0.25, -0.2) is 4.39 Å². The van der Waals surface area contributed by atoms with E-state index in [-0.39, 0.29) is 35.4 Å². The molecule has 7 heteroatoms. The molecule has 1 spiro atoms. The van der Waals surface area contributed by atoms with Crippen molar-refractivity contribution >= 4 is 11.8 Å². The minimum atomic E-state index is -0.424. The summed E-state index contributed by atoms with van der Waals surface area (Å²) in [6.07, 6.45) is 2.43. The lowest BCUT2D eigenvalue weighted by Gasteiger charge is -2.29. The summed E-state index contributed by atoms with van der Waals surface area (Å²) < 4.78 is 25.0. The van der Waals surface area contributed by atoms with Gasteiger partial charge in [-0.05, 0) is 38.0 Å². The second-order valence-corrected chi connectivity index (χ2v) is 7.97. The highest BCUT2D eigenvalue weighted by molar-refractivity contribution is 5.94. The molecule has 2 amide bonds. The summed E-state index contributed by atoms with van der Waals surface area (Å²) in [5.41, 5.74) is 0.0538. The molecule has 28 heavy (non-hydrogen) atoms. The zero-order valence-electron chi connectivity index (χ0n) is 16.2. The van der Waals surface area contributed by atoms with Gasteiger partial charge in [-0.15, -0.1) is 0 Å². The van der Waals surface area contributed by atoms with Gasteiger partial charge in [0.25, 0.3) is 5.91 Å². The number of benzene rings is 1. The molecular weight excluding hydrogens is 363 g/mol. The normalized spacial score (nSPS) is 30.5. The number of nitrogens with zero attached hydrogens (tertiary/aromatic N) is 1. The van der Waals surface area contributed by atoms with Gasteiger partial charge in [0, 0.05) is 37.1 Å². The Balaban J connectivity index is 1.37. The van der Waals surface area contributed by atoms with E-state index in [0.29, 0.717) is 44.8 Å². The summed E-state index contributed by atoms with van der Waals surface area (Å²) in [6.45, 7) is 4.75. The van der Waals surface area contributed by atoms with E-state index in [2.05, 4.69) is 5.32 Å². The molecule has 1 aromatic rings. The minimum absolute atomic E-state index is 0.104. The second kappa shape index (κ2) is 7.79. The molecule has 1 aromatic carbocycles. The van der Waals surface area contributed by atoms with Crippen LogP contribution in [0.25, 0.3) is 0 Å². The third kappa shape index (κ3) is 3.53. The van der Waals surface area contributed by atoms with E-state index in [4.69, 9.17) is 9.47 Å². The molecule has 1 N–H and O–H groups in total. The van der Waals surface area contributed by atoms with Gasteiger partial charge in [0.15, 0.2) is 0 Å². The van der Waals surface area contributed by atoms with Gasteiger partial charge in [0.2, 0.25) is 5.91 Å². The number of ether oxygens (including phenoxy) is 2. The molecule has 3 saturated heterocycles. The van der Waals surface area contributed by atoms with Gasteiger partial charge >= 0.3 is 0 Å². The Labute approximate surface area is 164 Å². The van der Waals surface area contributed by atoms with Crippen molar-refractivity contribution in [2.24, 2.45) is 11.8 Å². The standard InChI is InChI=1S/C21H27FN2O4/c1-2-27-9-7-19(25)24-12-17-16(18-6-8-21(17,13-24)28-18)11-23-20(26)14-4-3-5-15(22)10-14/h3-5,10,16-18H,2,6-9,11-13H2,1H3,(H,23,26)/t16-,17+,18+,21+/m0/s1. The number of rotatable bonds is 7. The SMILES string of the molecule is CCOCCC(=O)N1C[C@@H]2[C@H](CNC(=O)c3cccc(F)c3)[C@H]3CC[C@]2(C1)O3. The number of nitrogens with one attached hydrogen (secondary N) is 1. The van der Waals surface area contributed by atoms with Gasteiger partial charge in [-0.1, -0.05) is 6.07 Å². The van der Waals surface area contributed by atoms with Crippen LogP contribution in [0, 0.1) is 17.7 Å². The summed E-state index contributed by atoms with van der Waals surface area (Å²) in [5.74, 6) is -0.191. The number of amides is 2. The number of hydrogen-bond donors (Lipinski definition) is 1. The summed E-state index contributed by atoms with van der Waals surface area (Å²) in [5, 5.41) is 2.94. The average molecular weight is 390 g/mol. The molecule has 3 aliphatic heterocycles. The van der Waals surface area contributed by atoms with Crippen LogP contribution >= 0.6 is 0 Å². The van der Waals surface area contributed by atoms with Crippen molar-refractivity contribution in [3.8, 4) is 0 Å². The Bertz CT molecular complexity index is 758. The topological polar surface area (TPSA) is 67.9 Å². The highest BCUT2D eigenvalue weighted by atomic mass is 19.1. The highest BCUT2D eigenvalue weighted by Crippen LogP contribution is 2.54. The molecule has 4 rings (SSSR count). The first-order chi connectivity index (χ1) is 13.5. The fraction of sp³-hybridized carbons (Fsp3) is 0.619. The highest BCUT2D eigenvalue weighted by Gasteiger charge is 2.63. The Morgan fingerprint density at radius 3 is 3.07 bits per heavy atom. The zero-order valence-corrected chi connectivity index (χ0v) is 16.2. The van der Waals surface area contributed by atoms with Crippen molar-refractivity contribution in [1.82, 2.24) is 10.2 Å². The van der Waals surface area contributed by atoms with Gasteiger partial charge < -0.3 is 19.7 Å². The molecule has 3 aliphatic rings. The molecule has 3 heterocycles. The number of likely N-dealkylation sites (tertiary alicyclic amines) is 1. The molecule has 152 valence electrons. The van der Waals surface area contributed by atoms with Crippen LogP contribution in [0.4, 0.5) is 4.39 Å². The van der Waals surface area contributed by atoms with Gasteiger partial charge in [-0.2, -0.15) is 0 Å². The van der Waals surface area contributed by atoms with E-state index in [0.717, 1.165) is 12.8 Å². The lowest BCUT2D eigenvalue weighted by Crippen LogP contribution is -2.41. The first-order valence-electron chi connectivity index (χ1n) is 10.1. The maximum Gasteiger partial charge on any atom is 0.251 e. The third-order valence-electron chi connectivity index (χ3n) is 6.39. The Kier molecular flexibility index (Phi) is 5.38. The van der Waals surface area contributed by atoms with Crippen LogP contribution in [0.2, 0.25) is 0 Å². The van der Waals surface area contributed by atoms with Gasteiger partial charge in [0.05, 0.1) is 31.3 Å². The Morgan fingerprint density at radius 2 is 2.29 bits per heavy atom.